The zero-order chi connectivity index (χ0) is 10.1. The number of carboxylic acids is 1. The average molecular weight is 195 g/mol. The molecule has 0 fully saturated rings. The third kappa shape index (κ3) is 1.39. The lowest BCUT2D eigenvalue weighted by Crippen LogP contribution is -2.26. The van der Waals surface area contributed by atoms with E-state index in [9.17, 15) is 4.79 Å². The van der Waals surface area contributed by atoms with E-state index in [1.807, 2.05) is 4.57 Å². The van der Waals surface area contributed by atoms with Gasteiger partial charge in [0.15, 0.2) is 6.04 Å². The Morgan fingerprint density at radius 2 is 2.43 bits per heavy atom. The van der Waals surface area contributed by atoms with Crippen LogP contribution in [0.4, 0.5) is 0 Å². The molecule has 1 aromatic rings. The van der Waals surface area contributed by atoms with Crippen LogP contribution in [0.3, 0.4) is 0 Å². The van der Waals surface area contributed by atoms with Gasteiger partial charge in [0.1, 0.15) is 5.82 Å². The van der Waals surface area contributed by atoms with E-state index in [-0.39, 0.29) is 0 Å². The van der Waals surface area contributed by atoms with Crippen molar-refractivity contribution in [2.24, 2.45) is 5.73 Å². The molecule has 0 radical (unpaired) electrons. The number of aromatic nitrogens is 2. The van der Waals surface area contributed by atoms with Crippen molar-refractivity contribution < 1.29 is 9.90 Å². The number of carbonyl (C=O) groups is 1. The van der Waals surface area contributed by atoms with E-state index in [0.29, 0.717) is 5.82 Å². The van der Waals surface area contributed by atoms with Gasteiger partial charge in [-0.2, -0.15) is 0 Å². The topological polar surface area (TPSA) is 81.1 Å². The molecule has 1 aliphatic rings. The Labute approximate surface area is 81.5 Å². The Morgan fingerprint density at radius 3 is 3.14 bits per heavy atom. The summed E-state index contributed by atoms with van der Waals surface area (Å²) in [6.07, 6.45) is 4.92. The highest BCUT2D eigenvalue weighted by atomic mass is 16.4. The lowest BCUT2D eigenvalue weighted by molar-refractivity contribution is -0.138. The van der Waals surface area contributed by atoms with Gasteiger partial charge in [-0.3, -0.25) is 4.79 Å². The summed E-state index contributed by atoms with van der Waals surface area (Å²) in [4.78, 5) is 14.8. The molecule has 2 heterocycles. The van der Waals surface area contributed by atoms with Crippen molar-refractivity contribution in [1.29, 1.82) is 0 Å². The van der Waals surface area contributed by atoms with Gasteiger partial charge in [-0.15, -0.1) is 0 Å². The summed E-state index contributed by atoms with van der Waals surface area (Å²) in [5, 5.41) is 8.78. The molecule has 2 rings (SSSR count). The zero-order valence-electron chi connectivity index (χ0n) is 7.81. The fraction of sp³-hybridized carbons (Fsp3) is 0.556. The second-order valence-corrected chi connectivity index (χ2v) is 3.53. The van der Waals surface area contributed by atoms with Crippen LogP contribution < -0.4 is 5.73 Å². The first kappa shape index (κ1) is 9.21. The molecule has 1 aliphatic heterocycles. The SMILES string of the molecule is NC(C(=O)O)c1ncc2n1CCCC2. The number of carboxylic acid groups (broad SMARTS) is 1. The van der Waals surface area contributed by atoms with Crippen LogP contribution in [0.5, 0.6) is 0 Å². The molecule has 0 amide bonds. The Hall–Kier alpha value is -1.36. The molecule has 0 saturated carbocycles. The summed E-state index contributed by atoms with van der Waals surface area (Å²) in [5.41, 5.74) is 6.62. The highest BCUT2D eigenvalue weighted by Crippen LogP contribution is 2.19. The second kappa shape index (κ2) is 3.42. The van der Waals surface area contributed by atoms with E-state index in [4.69, 9.17) is 10.8 Å². The minimum absolute atomic E-state index is 0.479. The van der Waals surface area contributed by atoms with Crippen LogP contribution in [0.25, 0.3) is 0 Å². The van der Waals surface area contributed by atoms with E-state index >= 15 is 0 Å². The van der Waals surface area contributed by atoms with Gasteiger partial charge in [-0.25, -0.2) is 4.98 Å². The molecule has 0 aromatic carbocycles. The van der Waals surface area contributed by atoms with E-state index in [0.717, 1.165) is 31.5 Å². The van der Waals surface area contributed by atoms with Gasteiger partial charge in [0.2, 0.25) is 0 Å². The molecule has 1 aromatic heterocycles. The quantitative estimate of drug-likeness (QED) is 0.711. The normalized spacial score (nSPS) is 17.5. The lowest BCUT2D eigenvalue weighted by atomic mass is 10.1. The van der Waals surface area contributed by atoms with Crippen molar-refractivity contribution in [2.75, 3.05) is 0 Å². The maximum atomic E-state index is 10.7. The fourth-order valence-corrected chi connectivity index (χ4v) is 1.82. The monoisotopic (exact) mass is 195 g/mol. The maximum absolute atomic E-state index is 10.7. The van der Waals surface area contributed by atoms with Crippen molar-refractivity contribution in [3.05, 3.63) is 17.7 Å². The van der Waals surface area contributed by atoms with Gasteiger partial charge >= 0.3 is 5.97 Å². The van der Waals surface area contributed by atoms with E-state index in [1.54, 1.807) is 6.20 Å². The first-order chi connectivity index (χ1) is 6.70. The van der Waals surface area contributed by atoms with Gasteiger partial charge in [0.05, 0.1) is 0 Å². The molecule has 3 N–H and O–H groups in total. The summed E-state index contributed by atoms with van der Waals surface area (Å²) in [5.74, 6) is -0.545. The third-order valence-corrected chi connectivity index (χ3v) is 2.58. The first-order valence-electron chi connectivity index (χ1n) is 4.73. The predicted molar refractivity (Wildman–Crippen MR) is 49.7 cm³/mol. The molecule has 1 unspecified atom stereocenters. The molecule has 0 spiro atoms. The number of aliphatic carboxylic acids is 1. The van der Waals surface area contributed by atoms with Crippen LogP contribution in [0, 0.1) is 0 Å². The van der Waals surface area contributed by atoms with E-state index in [1.165, 1.54) is 0 Å². The summed E-state index contributed by atoms with van der Waals surface area (Å²) >= 11 is 0. The van der Waals surface area contributed by atoms with Crippen LogP contribution in [-0.2, 0) is 17.8 Å². The highest BCUT2D eigenvalue weighted by molar-refractivity contribution is 5.74. The molecular weight excluding hydrogens is 182 g/mol. The Bertz CT molecular complexity index is 359. The van der Waals surface area contributed by atoms with Gasteiger partial charge in [-0.05, 0) is 19.3 Å². The molecule has 0 bridgehead atoms. The summed E-state index contributed by atoms with van der Waals surface area (Å²) < 4.78 is 1.93. The van der Waals surface area contributed by atoms with Crippen molar-refractivity contribution >= 4 is 5.97 Å². The van der Waals surface area contributed by atoms with Crippen LogP contribution in [0.1, 0.15) is 30.4 Å². The van der Waals surface area contributed by atoms with Crippen molar-refractivity contribution in [3.8, 4) is 0 Å². The Morgan fingerprint density at radius 1 is 1.64 bits per heavy atom. The minimum Gasteiger partial charge on any atom is -0.480 e. The molecule has 76 valence electrons. The standard InChI is InChI=1S/C9H13N3O2/c10-7(9(13)14)8-11-5-6-3-1-2-4-12(6)8/h5,7H,1-4,10H2,(H,13,14). The number of rotatable bonds is 2. The molecule has 1 atom stereocenters. The van der Waals surface area contributed by atoms with Crippen molar-refractivity contribution in [3.63, 3.8) is 0 Å². The van der Waals surface area contributed by atoms with E-state index < -0.39 is 12.0 Å². The molecule has 0 saturated heterocycles. The first-order valence-corrected chi connectivity index (χ1v) is 4.73. The number of nitrogens with two attached hydrogens (primary N) is 1. The Balaban J connectivity index is 2.34. The molecule has 0 aliphatic carbocycles. The number of hydrogen-bond acceptors (Lipinski definition) is 3. The number of nitrogens with zero attached hydrogens (tertiary/aromatic N) is 2. The predicted octanol–water partition coefficient (Wildman–Crippen LogP) is 0.304. The number of hydrogen-bond donors (Lipinski definition) is 2. The number of aryl methyl sites for hydroxylation is 1. The van der Waals surface area contributed by atoms with Crippen LogP contribution in [0.2, 0.25) is 0 Å². The van der Waals surface area contributed by atoms with Crippen molar-refractivity contribution in [2.45, 2.75) is 31.8 Å². The molecule has 14 heavy (non-hydrogen) atoms. The minimum atomic E-state index is -1.02. The number of fused-ring (bicyclic) bond motifs is 1. The zero-order valence-corrected chi connectivity index (χ0v) is 7.81. The number of imidazole rings is 1. The van der Waals surface area contributed by atoms with Gasteiger partial charge in [0, 0.05) is 18.4 Å². The molecule has 5 nitrogen and oxygen atoms in total. The summed E-state index contributed by atoms with van der Waals surface area (Å²) in [7, 11) is 0. The van der Waals surface area contributed by atoms with Gasteiger partial charge in [0.25, 0.3) is 0 Å². The van der Waals surface area contributed by atoms with Crippen LogP contribution in [-0.4, -0.2) is 20.6 Å². The smallest absolute Gasteiger partial charge is 0.328 e. The van der Waals surface area contributed by atoms with Crippen LogP contribution in [0.15, 0.2) is 6.20 Å². The highest BCUT2D eigenvalue weighted by Gasteiger charge is 2.23. The maximum Gasteiger partial charge on any atom is 0.328 e. The summed E-state index contributed by atoms with van der Waals surface area (Å²) in [6, 6.07) is -0.998. The Kier molecular flexibility index (Phi) is 2.25. The van der Waals surface area contributed by atoms with E-state index in [2.05, 4.69) is 4.98 Å². The van der Waals surface area contributed by atoms with Gasteiger partial charge < -0.3 is 15.4 Å². The average Bonchev–Trinajstić information content (AvgIpc) is 2.60. The lowest BCUT2D eigenvalue weighted by Gasteiger charge is -2.17. The second-order valence-electron chi connectivity index (χ2n) is 3.53. The fourth-order valence-electron chi connectivity index (χ4n) is 1.82. The van der Waals surface area contributed by atoms with Gasteiger partial charge in [-0.1, -0.05) is 0 Å². The molecule has 5 heteroatoms. The van der Waals surface area contributed by atoms with Crippen LogP contribution >= 0.6 is 0 Å². The summed E-state index contributed by atoms with van der Waals surface area (Å²) in [6.45, 7) is 0.839. The molecular formula is C9H13N3O2. The largest absolute Gasteiger partial charge is 0.480 e. The van der Waals surface area contributed by atoms with Crippen molar-refractivity contribution in [1.82, 2.24) is 9.55 Å². The third-order valence-electron chi connectivity index (χ3n) is 2.58.